The van der Waals surface area contributed by atoms with Crippen LogP contribution in [0.3, 0.4) is 0 Å². The van der Waals surface area contributed by atoms with Gasteiger partial charge in [0, 0.05) is 5.56 Å². The molecule has 3 aromatic rings. The normalized spacial score (nSPS) is 10.6. The number of hydrogen-bond donors (Lipinski definition) is 0. The summed E-state index contributed by atoms with van der Waals surface area (Å²) in [6.07, 6.45) is 0.801. The van der Waals surface area contributed by atoms with Crippen LogP contribution >= 0.6 is 0 Å². The molecule has 0 N–H and O–H groups in total. The van der Waals surface area contributed by atoms with Crippen molar-refractivity contribution in [1.29, 1.82) is 0 Å². The smallest absolute Gasteiger partial charge is 0.168 e. The van der Waals surface area contributed by atoms with Gasteiger partial charge in [0.2, 0.25) is 0 Å². The average molecular weight is 252 g/mol. The zero-order chi connectivity index (χ0) is 13.2. The first-order valence-electron chi connectivity index (χ1n) is 5.90. The second kappa shape index (κ2) is 4.57. The average Bonchev–Trinajstić information content (AvgIpc) is 2.91. The van der Waals surface area contributed by atoms with Crippen molar-refractivity contribution in [3.8, 4) is 17.0 Å². The second-order valence-corrected chi connectivity index (χ2v) is 4.17. The fraction of sp³-hybridized carbons (Fsp3) is 0.0667. The Balaban J connectivity index is 2.17. The monoisotopic (exact) mass is 252 g/mol. The van der Waals surface area contributed by atoms with Crippen LogP contribution in [0.1, 0.15) is 10.5 Å². The molecule has 4 heteroatoms. The molecule has 19 heavy (non-hydrogen) atoms. The fourth-order valence-electron chi connectivity index (χ4n) is 2.05. The number of fused-ring (bicyclic) bond motifs is 1. The van der Waals surface area contributed by atoms with Gasteiger partial charge in [-0.3, -0.25) is 4.79 Å². The van der Waals surface area contributed by atoms with Crippen molar-refractivity contribution in [3.63, 3.8) is 0 Å². The summed E-state index contributed by atoms with van der Waals surface area (Å²) in [7, 11) is 1.63. The lowest BCUT2D eigenvalue weighted by molar-refractivity contribution is 0.111. The Morgan fingerprint density at radius 1 is 1.16 bits per heavy atom. The highest BCUT2D eigenvalue weighted by Gasteiger charge is 2.07. The molecule has 0 bridgehead atoms. The lowest BCUT2D eigenvalue weighted by Crippen LogP contribution is -1.95. The summed E-state index contributed by atoms with van der Waals surface area (Å²) in [6.45, 7) is 0. The van der Waals surface area contributed by atoms with Gasteiger partial charge < -0.3 is 4.74 Å². The van der Waals surface area contributed by atoms with E-state index in [0.29, 0.717) is 5.69 Å². The summed E-state index contributed by atoms with van der Waals surface area (Å²) in [5.41, 5.74) is 3.20. The van der Waals surface area contributed by atoms with E-state index in [0.717, 1.165) is 28.8 Å². The quantitative estimate of drug-likeness (QED) is 0.673. The van der Waals surface area contributed by atoms with Crippen molar-refractivity contribution in [2.45, 2.75) is 0 Å². The minimum absolute atomic E-state index is 0.534. The first-order valence-corrected chi connectivity index (χ1v) is 5.90. The van der Waals surface area contributed by atoms with Crippen molar-refractivity contribution in [2.75, 3.05) is 7.11 Å². The molecule has 2 aromatic heterocycles. The van der Waals surface area contributed by atoms with Crippen LogP contribution in [0.15, 0.2) is 48.5 Å². The molecule has 0 saturated carbocycles. The zero-order valence-corrected chi connectivity index (χ0v) is 10.4. The van der Waals surface area contributed by atoms with Crippen LogP contribution in [0, 0.1) is 0 Å². The largest absolute Gasteiger partial charge is 0.497 e. The van der Waals surface area contributed by atoms with Gasteiger partial charge in [0.05, 0.1) is 18.3 Å². The van der Waals surface area contributed by atoms with E-state index in [1.54, 1.807) is 17.7 Å². The number of aromatic nitrogens is 2. The van der Waals surface area contributed by atoms with E-state index >= 15 is 0 Å². The Bertz CT molecular complexity index is 747. The maximum Gasteiger partial charge on any atom is 0.168 e. The summed E-state index contributed by atoms with van der Waals surface area (Å²) < 4.78 is 6.85. The number of carbonyl (C=O) groups excluding carboxylic acids is 1. The van der Waals surface area contributed by atoms with E-state index in [1.165, 1.54) is 0 Å². The highest BCUT2D eigenvalue weighted by molar-refractivity contribution is 5.76. The van der Waals surface area contributed by atoms with Crippen molar-refractivity contribution < 1.29 is 9.53 Å². The Morgan fingerprint density at radius 2 is 2.00 bits per heavy atom. The van der Waals surface area contributed by atoms with Gasteiger partial charge in [-0.05, 0) is 30.3 Å². The zero-order valence-electron chi connectivity index (χ0n) is 10.4. The van der Waals surface area contributed by atoms with Crippen LogP contribution in [-0.2, 0) is 0 Å². The number of hydrogen-bond acceptors (Lipinski definition) is 3. The third kappa shape index (κ3) is 1.97. The molecule has 0 atom stereocenters. The van der Waals surface area contributed by atoms with Gasteiger partial charge in [0.1, 0.15) is 11.4 Å². The van der Waals surface area contributed by atoms with Crippen molar-refractivity contribution in [1.82, 2.24) is 9.61 Å². The van der Waals surface area contributed by atoms with Gasteiger partial charge in [-0.2, -0.15) is 5.10 Å². The Labute approximate surface area is 110 Å². The van der Waals surface area contributed by atoms with Gasteiger partial charge in [-0.15, -0.1) is 0 Å². The van der Waals surface area contributed by atoms with Gasteiger partial charge in [0.25, 0.3) is 0 Å². The third-order valence-corrected chi connectivity index (χ3v) is 3.00. The predicted octanol–water partition coefficient (Wildman–Crippen LogP) is 2.82. The van der Waals surface area contributed by atoms with Crippen LogP contribution in [-0.4, -0.2) is 23.0 Å². The molecule has 0 aliphatic rings. The topological polar surface area (TPSA) is 43.6 Å². The molecule has 0 aliphatic heterocycles. The van der Waals surface area contributed by atoms with Gasteiger partial charge in [-0.25, -0.2) is 4.52 Å². The molecule has 4 nitrogen and oxygen atoms in total. The van der Waals surface area contributed by atoms with Gasteiger partial charge in [-0.1, -0.05) is 18.2 Å². The van der Waals surface area contributed by atoms with Crippen LogP contribution in [0.25, 0.3) is 16.8 Å². The number of nitrogens with zero attached hydrogens (tertiary/aromatic N) is 2. The van der Waals surface area contributed by atoms with Crippen LogP contribution in [0.4, 0.5) is 0 Å². The summed E-state index contributed by atoms with van der Waals surface area (Å²) in [5, 5.41) is 4.46. The molecule has 3 rings (SSSR count). The van der Waals surface area contributed by atoms with Crippen LogP contribution < -0.4 is 4.74 Å². The predicted molar refractivity (Wildman–Crippen MR) is 72.6 cm³/mol. The van der Waals surface area contributed by atoms with E-state index < -0.39 is 0 Å². The lowest BCUT2D eigenvalue weighted by Gasteiger charge is -2.01. The van der Waals surface area contributed by atoms with E-state index in [9.17, 15) is 4.79 Å². The number of rotatable bonds is 3. The highest BCUT2D eigenvalue weighted by Crippen LogP contribution is 2.24. The van der Waals surface area contributed by atoms with Crippen molar-refractivity contribution in [3.05, 3.63) is 54.2 Å². The first-order chi connectivity index (χ1) is 9.31. The Kier molecular flexibility index (Phi) is 2.76. The molecular weight excluding hydrogens is 240 g/mol. The standard InChI is InChI=1S/C15H12N2O2/c1-19-14-7-2-4-11(8-14)15-9-12-5-3-6-13(10-18)17(12)16-15/h2-10H,1H3. The Morgan fingerprint density at radius 3 is 2.79 bits per heavy atom. The number of ether oxygens (including phenoxy) is 1. The first kappa shape index (κ1) is 11.5. The number of benzene rings is 1. The van der Waals surface area contributed by atoms with Gasteiger partial charge in [0.15, 0.2) is 6.29 Å². The molecule has 0 amide bonds. The fourth-order valence-corrected chi connectivity index (χ4v) is 2.05. The SMILES string of the molecule is COc1cccc(-c2cc3cccc(C=O)n3n2)c1. The van der Waals surface area contributed by atoms with Crippen LogP contribution in [0.5, 0.6) is 5.75 Å². The third-order valence-electron chi connectivity index (χ3n) is 3.00. The van der Waals surface area contributed by atoms with Gasteiger partial charge >= 0.3 is 0 Å². The molecule has 0 radical (unpaired) electrons. The number of methoxy groups -OCH3 is 1. The summed E-state index contributed by atoms with van der Waals surface area (Å²) >= 11 is 0. The second-order valence-electron chi connectivity index (χ2n) is 4.17. The van der Waals surface area contributed by atoms with E-state index in [-0.39, 0.29) is 0 Å². The number of pyridine rings is 1. The van der Waals surface area contributed by atoms with Crippen LogP contribution in [0.2, 0.25) is 0 Å². The molecule has 0 unspecified atom stereocenters. The summed E-state index contributed by atoms with van der Waals surface area (Å²) in [4.78, 5) is 11.0. The maximum absolute atomic E-state index is 11.0. The Hall–Kier alpha value is -2.62. The molecule has 94 valence electrons. The molecule has 0 spiro atoms. The minimum Gasteiger partial charge on any atom is -0.497 e. The van der Waals surface area contributed by atoms with E-state index in [2.05, 4.69) is 5.10 Å². The van der Waals surface area contributed by atoms with Crippen molar-refractivity contribution >= 4 is 11.8 Å². The lowest BCUT2D eigenvalue weighted by atomic mass is 10.1. The summed E-state index contributed by atoms with van der Waals surface area (Å²) in [6, 6.07) is 15.1. The molecule has 0 fully saturated rings. The molecule has 2 heterocycles. The number of carbonyl (C=O) groups is 1. The minimum atomic E-state index is 0.534. The maximum atomic E-state index is 11.0. The summed E-state index contributed by atoms with van der Waals surface area (Å²) in [5.74, 6) is 0.783. The molecule has 0 saturated heterocycles. The molecular formula is C15H12N2O2. The van der Waals surface area contributed by atoms with E-state index in [4.69, 9.17) is 4.74 Å². The van der Waals surface area contributed by atoms with E-state index in [1.807, 2.05) is 42.5 Å². The molecule has 0 aliphatic carbocycles. The molecule has 1 aromatic carbocycles. The number of aldehydes is 1. The van der Waals surface area contributed by atoms with Crippen molar-refractivity contribution in [2.24, 2.45) is 0 Å². The highest BCUT2D eigenvalue weighted by atomic mass is 16.5.